The molecule has 3 amide bonds. The molecule has 0 fully saturated rings. The first kappa shape index (κ1) is 21.5. The number of aromatic nitrogens is 2. The Bertz CT molecular complexity index is 1170. The van der Waals surface area contributed by atoms with Crippen LogP contribution in [0.1, 0.15) is 48.8 Å². The van der Waals surface area contributed by atoms with Crippen molar-refractivity contribution in [3.8, 4) is 0 Å². The smallest absolute Gasteiger partial charge is 0.254 e. The Morgan fingerprint density at radius 1 is 1.12 bits per heavy atom. The molecule has 3 aromatic rings. The number of amides is 3. The Morgan fingerprint density at radius 2 is 1.88 bits per heavy atom. The molecule has 1 aromatic heterocycles. The number of hydrogen-bond donors (Lipinski definition) is 3. The molecule has 1 atom stereocenters. The minimum Gasteiger partial charge on any atom is -0.354 e. The third-order valence-corrected chi connectivity index (χ3v) is 5.57. The molecule has 0 unspecified atom stereocenters. The van der Waals surface area contributed by atoms with E-state index in [1.807, 2.05) is 24.3 Å². The molecule has 0 bridgehead atoms. The number of nitrogens with one attached hydrogen (secondary N) is 3. The van der Waals surface area contributed by atoms with Gasteiger partial charge in [-0.3, -0.25) is 14.4 Å². The van der Waals surface area contributed by atoms with Crippen LogP contribution in [0.25, 0.3) is 11.0 Å². The molecular formula is C24H27N5O3. The van der Waals surface area contributed by atoms with E-state index in [1.165, 1.54) is 0 Å². The summed E-state index contributed by atoms with van der Waals surface area (Å²) < 4.78 is 2.14. The Balaban J connectivity index is 1.32. The van der Waals surface area contributed by atoms with E-state index in [-0.39, 0.29) is 36.5 Å². The summed E-state index contributed by atoms with van der Waals surface area (Å²) in [6.45, 7) is 5.25. The average Bonchev–Trinajstić information content (AvgIpc) is 3.10. The van der Waals surface area contributed by atoms with Crippen LogP contribution < -0.4 is 16.0 Å². The predicted molar refractivity (Wildman–Crippen MR) is 122 cm³/mol. The second-order valence-electron chi connectivity index (χ2n) is 8.21. The van der Waals surface area contributed by atoms with Gasteiger partial charge in [0.15, 0.2) is 0 Å². The fourth-order valence-corrected chi connectivity index (χ4v) is 3.96. The topological polar surface area (TPSA) is 105 Å². The fourth-order valence-electron chi connectivity index (χ4n) is 3.96. The lowest BCUT2D eigenvalue weighted by atomic mass is 10.1. The summed E-state index contributed by atoms with van der Waals surface area (Å²) in [5.41, 5.74) is 2.89. The van der Waals surface area contributed by atoms with Gasteiger partial charge in [-0.15, -0.1) is 0 Å². The van der Waals surface area contributed by atoms with Gasteiger partial charge in [0, 0.05) is 25.4 Å². The number of benzene rings is 2. The first-order chi connectivity index (χ1) is 15.4. The number of para-hydroxylation sites is 3. The van der Waals surface area contributed by atoms with Crippen molar-refractivity contribution in [2.75, 3.05) is 11.9 Å². The third-order valence-electron chi connectivity index (χ3n) is 5.57. The molecule has 1 aliphatic heterocycles. The van der Waals surface area contributed by atoms with Gasteiger partial charge in [0.1, 0.15) is 11.9 Å². The summed E-state index contributed by atoms with van der Waals surface area (Å²) in [7, 11) is 0. The molecule has 2 heterocycles. The van der Waals surface area contributed by atoms with Crippen LogP contribution in [0.2, 0.25) is 0 Å². The summed E-state index contributed by atoms with van der Waals surface area (Å²) in [6, 6.07) is 14.0. The second kappa shape index (κ2) is 9.21. The van der Waals surface area contributed by atoms with Gasteiger partial charge in [-0.25, -0.2) is 4.98 Å². The van der Waals surface area contributed by atoms with Crippen molar-refractivity contribution in [2.45, 2.75) is 45.2 Å². The van der Waals surface area contributed by atoms with Gasteiger partial charge in [0.25, 0.3) is 5.91 Å². The molecule has 8 heteroatoms. The van der Waals surface area contributed by atoms with Crippen LogP contribution in [0.4, 0.5) is 5.69 Å². The highest BCUT2D eigenvalue weighted by Gasteiger charge is 2.27. The zero-order valence-electron chi connectivity index (χ0n) is 18.2. The van der Waals surface area contributed by atoms with Gasteiger partial charge in [0.05, 0.1) is 22.3 Å². The van der Waals surface area contributed by atoms with E-state index >= 15 is 0 Å². The van der Waals surface area contributed by atoms with Crippen molar-refractivity contribution in [3.05, 3.63) is 59.9 Å². The molecule has 8 nitrogen and oxygen atoms in total. The van der Waals surface area contributed by atoms with Crippen LogP contribution in [0.3, 0.4) is 0 Å². The van der Waals surface area contributed by atoms with Crippen LogP contribution in [-0.4, -0.2) is 39.9 Å². The van der Waals surface area contributed by atoms with E-state index < -0.39 is 6.04 Å². The minimum atomic E-state index is -0.759. The van der Waals surface area contributed by atoms with Crippen molar-refractivity contribution >= 4 is 34.4 Å². The highest BCUT2D eigenvalue weighted by molar-refractivity contribution is 6.09. The highest BCUT2D eigenvalue weighted by atomic mass is 16.2. The summed E-state index contributed by atoms with van der Waals surface area (Å²) in [5, 5.41) is 8.39. The van der Waals surface area contributed by atoms with E-state index in [2.05, 4.69) is 34.4 Å². The number of rotatable bonds is 7. The average molecular weight is 434 g/mol. The summed E-state index contributed by atoms with van der Waals surface area (Å²) in [6.07, 6.45) is 0.360. The summed E-state index contributed by atoms with van der Waals surface area (Å²) in [4.78, 5) is 42.0. The monoisotopic (exact) mass is 433 g/mol. The van der Waals surface area contributed by atoms with Crippen molar-refractivity contribution in [1.29, 1.82) is 0 Å². The van der Waals surface area contributed by atoms with Crippen molar-refractivity contribution < 1.29 is 14.4 Å². The van der Waals surface area contributed by atoms with E-state index in [9.17, 15) is 14.4 Å². The maximum absolute atomic E-state index is 12.5. The maximum Gasteiger partial charge on any atom is 0.254 e. The maximum atomic E-state index is 12.5. The largest absolute Gasteiger partial charge is 0.354 e. The Kier molecular flexibility index (Phi) is 6.20. The lowest BCUT2D eigenvalue weighted by molar-refractivity contribution is -0.121. The number of imidazole rings is 1. The molecule has 0 aliphatic carbocycles. The molecular weight excluding hydrogens is 406 g/mol. The van der Waals surface area contributed by atoms with E-state index in [0.29, 0.717) is 24.3 Å². The van der Waals surface area contributed by atoms with Crippen molar-refractivity contribution in [1.82, 2.24) is 20.2 Å². The van der Waals surface area contributed by atoms with Gasteiger partial charge in [-0.05, 0) is 30.7 Å². The highest BCUT2D eigenvalue weighted by Crippen LogP contribution is 2.22. The van der Waals surface area contributed by atoms with Crippen molar-refractivity contribution in [2.24, 2.45) is 0 Å². The quantitative estimate of drug-likeness (QED) is 0.533. The number of carbonyl (C=O) groups excluding carboxylic acids is 3. The van der Waals surface area contributed by atoms with E-state index in [1.54, 1.807) is 24.3 Å². The first-order valence-electron chi connectivity index (χ1n) is 10.9. The second-order valence-corrected chi connectivity index (χ2v) is 8.21. The molecule has 0 saturated carbocycles. The number of carbonyl (C=O) groups is 3. The van der Waals surface area contributed by atoms with Crippen LogP contribution in [-0.2, 0) is 16.1 Å². The SMILES string of the molecule is CC(C)c1nc2ccccc2n1CCNC(=O)CC[C@@H]1NC(=O)c2ccccc2NC1=O. The van der Waals surface area contributed by atoms with Crippen molar-refractivity contribution in [3.63, 3.8) is 0 Å². The van der Waals surface area contributed by atoms with Crippen LogP contribution in [0, 0.1) is 0 Å². The van der Waals surface area contributed by atoms with Gasteiger partial charge >= 0.3 is 0 Å². The minimum absolute atomic E-state index is 0.135. The normalized spacial score (nSPS) is 15.8. The lowest BCUT2D eigenvalue weighted by Crippen LogP contribution is -2.42. The Labute approximate surface area is 186 Å². The molecule has 0 spiro atoms. The van der Waals surface area contributed by atoms with Gasteiger partial charge < -0.3 is 20.5 Å². The molecule has 4 rings (SSSR count). The van der Waals surface area contributed by atoms with Crippen LogP contribution >= 0.6 is 0 Å². The number of nitrogens with zero attached hydrogens (tertiary/aromatic N) is 2. The molecule has 2 aromatic carbocycles. The molecule has 3 N–H and O–H groups in total. The third kappa shape index (κ3) is 4.49. The lowest BCUT2D eigenvalue weighted by Gasteiger charge is -2.15. The molecule has 0 radical (unpaired) electrons. The van der Waals surface area contributed by atoms with E-state index in [4.69, 9.17) is 4.98 Å². The van der Waals surface area contributed by atoms with Gasteiger partial charge in [0.2, 0.25) is 11.8 Å². The summed E-state index contributed by atoms with van der Waals surface area (Å²) >= 11 is 0. The van der Waals surface area contributed by atoms with Gasteiger partial charge in [-0.2, -0.15) is 0 Å². The number of fused-ring (bicyclic) bond motifs is 2. The summed E-state index contributed by atoms with van der Waals surface area (Å²) in [5.74, 6) is 0.446. The van der Waals surface area contributed by atoms with Crippen LogP contribution in [0.15, 0.2) is 48.5 Å². The molecule has 166 valence electrons. The molecule has 0 saturated heterocycles. The number of anilines is 1. The Morgan fingerprint density at radius 3 is 2.69 bits per heavy atom. The predicted octanol–water partition coefficient (Wildman–Crippen LogP) is 2.81. The zero-order chi connectivity index (χ0) is 22.7. The molecule has 32 heavy (non-hydrogen) atoms. The standard InChI is InChI=1S/C24H27N5O3/c1-15(2)22-26-18-9-5-6-10-20(18)29(22)14-13-25-21(30)12-11-19-24(32)27-17-8-4-3-7-16(17)23(31)28-19/h3-10,15,19H,11-14H2,1-2H3,(H,25,30)(H,27,32)(H,28,31)/t19-/m0/s1. The number of hydrogen-bond acceptors (Lipinski definition) is 4. The van der Waals surface area contributed by atoms with E-state index in [0.717, 1.165) is 16.9 Å². The molecule has 1 aliphatic rings. The first-order valence-corrected chi connectivity index (χ1v) is 10.9. The van der Waals surface area contributed by atoms with Gasteiger partial charge in [-0.1, -0.05) is 38.1 Å². The van der Waals surface area contributed by atoms with Crippen LogP contribution in [0.5, 0.6) is 0 Å². The Hall–Kier alpha value is -3.68. The zero-order valence-corrected chi connectivity index (χ0v) is 18.2. The fraction of sp³-hybridized carbons (Fsp3) is 0.333.